The topological polar surface area (TPSA) is 314 Å². The molecular formula is C26H16ClK3N6O11S3. The quantitative estimate of drug-likeness (QED) is 0.0519. The normalized spacial score (nSPS) is 12.2. The van der Waals surface area contributed by atoms with Crippen LogP contribution in [0, 0.1) is 0 Å². The Hall–Kier alpha value is -0.0509. The van der Waals surface area contributed by atoms with Gasteiger partial charge in [-0.2, -0.15) is 16.8 Å². The first-order valence-electron chi connectivity index (χ1n) is 12.4. The van der Waals surface area contributed by atoms with Crippen LogP contribution >= 0.6 is 11.6 Å². The molecule has 0 aliphatic carbocycles. The number of nitrogens with two attached hydrogens (primary N) is 2. The first kappa shape index (κ1) is 46.1. The van der Waals surface area contributed by atoms with Crippen molar-refractivity contribution in [3.8, 4) is 11.5 Å². The molecule has 0 aromatic heterocycles. The number of anilines is 2. The summed E-state index contributed by atoms with van der Waals surface area (Å²) in [7, 11) is -14.7. The summed E-state index contributed by atoms with van der Waals surface area (Å²) in [5, 5.41) is 40.2. The van der Waals surface area contributed by atoms with E-state index in [9.17, 15) is 49.1 Å². The van der Waals surface area contributed by atoms with Crippen LogP contribution in [0.5, 0.6) is 11.5 Å². The molecule has 0 fully saturated rings. The minimum atomic E-state index is -5.02. The third-order valence-corrected chi connectivity index (χ3v) is 9.36. The standard InChI is InChI=1S/C26H19ClN6O11S3.3K/c27-15-9-22(47(42,43)44)19(31-33-26-17(29)4-2-12-6-14(46(39,40)41)8-21(35)24(12)26)10-18(15)30-32-25-16(28)3-1-11-5-13(45(36,37)38)7-20(34)23(11)25;;;/h1-10,34-35H,28-29H2,(H,36,37,38)(H,39,40,41)(H,42,43,44);;;/q;3*+1/p-3. The molecule has 0 aliphatic heterocycles. The van der Waals surface area contributed by atoms with E-state index in [1.165, 1.54) is 24.3 Å². The first-order valence-corrected chi connectivity index (χ1v) is 17.1. The number of halogens is 1. The Bertz CT molecular complexity index is 2580. The molecule has 0 saturated heterocycles. The van der Waals surface area contributed by atoms with Crippen LogP contribution in [0.2, 0.25) is 5.02 Å². The summed E-state index contributed by atoms with van der Waals surface area (Å²) in [5.74, 6) is -1.85. The van der Waals surface area contributed by atoms with Gasteiger partial charge in [-0.05, 0) is 53.2 Å². The van der Waals surface area contributed by atoms with Crippen LogP contribution in [0.15, 0.2) is 95.8 Å². The molecule has 6 N–H and O–H groups in total. The molecule has 50 heavy (non-hydrogen) atoms. The van der Waals surface area contributed by atoms with Crippen LogP contribution in [-0.2, 0) is 30.4 Å². The van der Waals surface area contributed by atoms with E-state index in [1.54, 1.807) is 0 Å². The summed E-state index contributed by atoms with van der Waals surface area (Å²) in [6.07, 6.45) is 0. The molecule has 5 aromatic carbocycles. The number of nitrogen functional groups attached to an aromatic ring is 2. The zero-order valence-electron chi connectivity index (χ0n) is 25.9. The summed E-state index contributed by atoms with van der Waals surface area (Å²) in [6.45, 7) is 0. The fourth-order valence-electron chi connectivity index (χ4n) is 4.41. The van der Waals surface area contributed by atoms with Gasteiger partial charge in [0.05, 0.1) is 26.2 Å². The van der Waals surface area contributed by atoms with Crippen molar-refractivity contribution in [2.45, 2.75) is 14.7 Å². The fourth-order valence-corrected chi connectivity index (χ4v) is 6.36. The number of nitrogens with zero attached hydrogens (tertiary/aromatic N) is 4. The van der Waals surface area contributed by atoms with Gasteiger partial charge in [0.1, 0.15) is 37.8 Å². The molecule has 0 heterocycles. The van der Waals surface area contributed by atoms with Gasteiger partial charge in [-0.3, -0.25) is 9.11 Å². The van der Waals surface area contributed by atoms with Crippen molar-refractivity contribution in [2.75, 3.05) is 11.5 Å². The van der Waals surface area contributed by atoms with Gasteiger partial charge in [0.2, 0.25) is 0 Å². The predicted molar refractivity (Wildman–Crippen MR) is 163 cm³/mol. The Morgan fingerprint density at radius 2 is 1.04 bits per heavy atom. The molecule has 0 amide bonds. The first-order chi connectivity index (χ1) is 21.8. The van der Waals surface area contributed by atoms with Crippen LogP contribution < -0.4 is 176 Å². The third-order valence-electron chi connectivity index (χ3n) is 6.53. The molecular weight excluding hydrogens is 821 g/mol. The van der Waals surface area contributed by atoms with E-state index in [0.717, 1.165) is 24.3 Å². The van der Waals surface area contributed by atoms with Gasteiger partial charge in [0.15, 0.2) is 0 Å². The van der Waals surface area contributed by atoms with Crippen LogP contribution in [-0.4, -0.2) is 38.9 Å². The minimum Gasteiger partial charge on any atom is -0.872 e. The Morgan fingerprint density at radius 1 is 0.600 bits per heavy atom. The molecule has 5 rings (SSSR count). The Kier molecular flexibility index (Phi) is 16.2. The van der Waals surface area contributed by atoms with E-state index in [-0.39, 0.29) is 204 Å². The number of benzene rings is 5. The van der Waals surface area contributed by atoms with E-state index in [1.807, 2.05) is 0 Å². The Balaban J connectivity index is 0.00000289. The van der Waals surface area contributed by atoms with Gasteiger partial charge < -0.3 is 26.2 Å². The van der Waals surface area contributed by atoms with Gasteiger partial charge in [-0.1, -0.05) is 41.3 Å². The zero-order valence-corrected chi connectivity index (χ0v) is 38.5. The van der Waals surface area contributed by atoms with Crippen LogP contribution in [0.4, 0.5) is 34.1 Å². The van der Waals surface area contributed by atoms with E-state index < -0.39 is 67.2 Å². The van der Waals surface area contributed by atoms with Crippen molar-refractivity contribution in [3.63, 3.8) is 0 Å². The van der Waals surface area contributed by atoms with Crippen molar-refractivity contribution in [1.82, 2.24) is 0 Å². The van der Waals surface area contributed by atoms with Crippen molar-refractivity contribution >= 4 is 97.6 Å². The number of rotatable bonds is 7. The van der Waals surface area contributed by atoms with E-state index >= 15 is 0 Å². The second-order valence-electron chi connectivity index (χ2n) is 9.62. The smallest absolute Gasteiger partial charge is 0.872 e. The van der Waals surface area contributed by atoms with Crippen molar-refractivity contribution in [2.24, 2.45) is 20.5 Å². The predicted octanol–water partition coefficient (Wildman–Crippen LogP) is -4.80. The van der Waals surface area contributed by atoms with Crippen molar-refractivity contribution < 1.29 is 203 Å². The molecule has 17 nitrogen and oxygen atoms in total. The van der Waals surface area contributed by atoms with E-state index in [0.29, 0.717) is 12.1 Å². The third kappa shape index (κ3) is 10.2. The van der Waals surface area contributed by atoms with Gasteiger partial charge in [-0.25, -0.2) is 8.42 Å². The molecule has 0 bridgehead atoms. The van der Waals surface area contributed by atoms with Crippen LogP contribution in [0.1, 0.15) is 0 Å². The van der Waals surface area contributed by atoms with Gasteiger partial charge in [0.25, 0.3) is 20.2 Å². The van der Waals surface area contributed by atoms with Gasteiger partial charge >= 0.3 is 154 Å². The second-order valence-corrected chi connectivity index (χ2v) is 14.2. The Morgan fingerprint density at radius 3 is 1.48 bits per heavy atom. The van der Waals surface area contributed by atoms with Crippen molar-refractivity contribution in [1.29, 1.82) is 0 Å². The molecule has 0 atom stereocenters. The summed E-state index contributed by atoms with van der Waals surface area (Å²) in [5.41, 5.74) is 10.2. The summed E-state index contributed by atoms with van der Waals surface area (Å²) in [4.78, 5) is -2.34. The average molecular weight is 837 g/mol. The second kappa shape index (κ2) is 17.6. The Labute approximate surface area is 416 Å². The maximum atomic E-state index is 12.8. The number of fused-ring (bicyclic) bond motifs is 2. The summed E-state index contributed by atoms with van der Waals surface area (Å²) in [6, 6.07) is 9.84. The SMILES string of the molecule is Nc1ccc2cc(S(=O)(=O)[O-])cc([O-])c2c1N=Nc1cc(N=Nc2c(N)ccc3cc(S(=O)(=O)O)cc([O-])c23)c(S(=O)(=O)O)cc1Cl.[K+].[K+].[K+]. The average Bonchev–Trinajstić information content (AvgIpc) is 2.95. The maximum Gasteiger partial charge on any atom is 1.00 e. The molecule has 0 spiro atoms. The monoisotopic (exact) mass is 836 g/mol. The van der Waals surface area contributed by atoms with Crippen LogP contribution in [0.3, 0.4) is 0 Å². The maximum absolute atomic E-state index is 12.8. The molecule has 5 aromatic rings. The van der Waals surface area contributed by atoms with Crippen LogP contribution in [0.25, 0.3) is 21.5 Å². The van der Waals surface area contributed by atoms with Crippen molar-refractivity contribution in [3.05, 3.63) is 65.7 Å². The molecule has 0 aliphatic rings. The zero-order chi connectivity index (χ0) is 34.6. The molecule has 24 heteroatoms. The van der Waals surface area contributed by atoms with Gasteiger partial charge in [0, 0.05) is 10.8 Å². The van der Waals surface area contributed by atoms with Gasteiger partial charge in [-0.15, -0.1) is 20.5 Å². The molecule has 244 valence electrons. The minimum absolute atomic E-state index is 0. The largest absolute Gasteiger partial charge is 1.00 e. The molecule has 0 unspecified atom stereocenters. The van der Waals surface area contributed by atoms with E-state index in [2.05, 4.69) is 20.5 Å². The number of hydrogen-bond acceptors (Lipinski definition) is 15. The number of azo groups is 2. The van der Waals surface area contributed by atoms with E-state index in [4.69, 9.17) is 23.1 Å². The summed E-state index contributed by atoms with van der Waals surface area (Å²) >= 11 is 6.20. The summed E-state index contributed by atoms with van der Waals surface area (Å²) < 4.78 is 101. The number of hydrogen-bond donors (Lipinski definition) is 4. The molecule has 0 saturated carbocycles. The fraction of sp³-hybridized carbons (Fsp3) is 0. The molecule has 0 radical (unpaired) electrons.